The topological polar surface area (TPSA) is 55.6 Å². The smallest absolute Gasteiger partial charge is 0.165 e. The summed E-state index contributed by atoms with van der Waals surface area (Å²) in [4.78, 5) is 13.0. The molecule has 1 aromatic rings. The van der Waals surface area contributed by atoms with Crippen molar-refractivity contribution in [3.05, 3.63) is 47.5 Å². The molecular formula is C14H15Cl2N5. The summed E-state index contributed by atoms with van der Waals surface area (Å²) in [5.41, 5.74) is 1.94. The molecule has 0 atom stereocenters. The van der Waals surface area contributed by atoms with Gasteiger partial charge in [0.2, 0.25) is 0 Å². The van der Waals surface area contributed by atoms with Crippen LogP contribution >= 0.6 is 24.0 Å². The average Bonchev–Trinajstić information content (AvgIpc) is 2.94. The van der Waals surface area contributed by atoms with Crippen LogP contribution in [0.4, 0.5) is 5.82 Å². The molecule has 0 aliphatic carbocycles. The van der Waals surface area contributed by atoms with Gasteiger partial charge in [-0.05, 0) is 24.6 Å². The van der Waals surface area contributed by atoms with Crippen molar-refractivity contribution in [2.75, 3.05) is 11.9 Å². The van der Waals surface area contributed by atoms with E-state index in [-0.39, 0.29) is 12.4 Å². The van der Waals surface area contributed by atoms with Gasteiger partial charge in [0.15, 0.2) is 17.3 Å². The van der Waals surface area contributed by atoms with Crippen molar-refractivity contribution in [1.29, 1.82) is 0 Å². The molecule has 2 heterocycles. The molecule has 0 bridgehead atoms. The Morgan fingerprint density at radius 2 is 1.90 bits per heavy atom. The second-order valence-electron chi connectivity index (χ2n) is 4.42. The summed E-state index contributed by atoms with van der Waals surface area (Å²) in [5, 5.41) is 3.92. The molecule has 5 nitrogen and oxygen atoms in total. The fourth-order valence-electron chi connectivity index (χ4n) is 2.08. The summed E-state index contributed by atoms with van der Waals surface area (Å²) in [7, 11) is 0. The molecule has 0 amide bonds. The Labute approximate surface area is 134 Å². The number of fused-ring (bicyclic) bond motifs is 1. The SMILES string of the molecule is CCNc1ncn(Cc2ccc(Cl)cc2)c2ncnc1-2.Cl. The molecule has 0 unspecified atom stereocenters. The van der Waals surface area contributed by atoms with E-state index in [4.69, 9.17) is 11.6 Å². The van der Waals surface area contributed by atoms with Crippen molar-refractivity contribution in [3.63, 3.8) is 0 Å². The first kappa shape index (κ1) is 15.5. The van der Waals surface area contributed by atoms with Gasteiger partial charge in [0.25, 0.3) is 0 Å². The fraction of sp³-hybridized carbons (Fsp3) is 0.214. The van der Waals surface area contributed by atoms with Crippen LogP contribution in [0.5, 0.6) is 0 Å². The maximum absolute atomic E-state index is 5.90. The molecule has 2 aliphatic heterocycles. The zero-order chi connectivity index (χ0) is 13.9. The minimum absolute atomic E-state index is 0. The zero-order valence-corrected chi connectivity index (χ0v) is 13.0. The monoisotopic (exact) mass is 323 g/mol. The van der Waals surface area contributed by atoms with Gasteiger partial charge in [-0.3, -0.25) is 0 Å². The van der Waals surface area contributed by atoms with Gasteiger partial charge in [0.05, 0.1) is 12.9 Å². The molecule has 0 saturated heterocycles. The molecule has 0 fully saturated rings. The largest absolute Gasteiger partial charge is 0.368 e. The molecule has 2 aliphatic rings. The molecule has 0 spiro atoms. The Morgan fingerprint density at radius 1 is 1.14 bits per heavy atom. The Balaban J connectivity index is 0.00000161. The zero-order valence-electron chi connectivity index (χ0n) is 11.5. The molecule has 3 rings (SSSR count). The molecule has 0 aromatic heterocycles. The number of nitrogens with one attached hydrogen (secondary N) is 1. The predicted octanol–water partition coefficient (Wildman–Crippen LogP) is 3.33. The molecule has 110 valence electrons. The Hall–Kier alpha value is -1.85. The highest BCUT2D eigenvalue weighted by Gasteiger charge is 2.16. The number of hydrogen-bond donors (Lipinski definition) is 1. The number of rotatable bonds is 4. The van der Waals surface area contributed by atoms with E-state index < -0.39 is 0 Å². The van der Waals surface area contributed by atoms with Gasteiger partial charge in [-0.15, -0.1) is 12.4 Å². The second kappa shape index (κ2) is 6.74. The van der Waals surface area contributed by atoms with Gasteiger partial charge in [0.1, 0.15) is 6.33 Å². The van der Waals surface area contributed by atoms with E-state index in [0.717, 1.165) is 34.5 Å². The van der Waals surface area contributed by atoms with Crippen LogP contribution in [0, 0.1) is 0 Å². The lowest BCUT2D eigenvalue weighted by molar-refractivity contribution is 0.761. The number of aromatic nitrogens is 4. The maximum atomic E-state index is 5.90. The quantitative estimate of drug-likeness (QED) is 0.800. The summed E-state index contributed by atoms with van der Waals surface area (Å²) in [5.74, 6) is 1.60. The normalized spacial score (nSPS) is 10.4. The van der Waals surface area contributed by atoms with Crippen molar-refractivity contribution in [3.8, 4) is 11.5 Å². The standard InChI is InChI=1S/C14H14ClN5.ClH/c1-2-16-13-12-14(18-8-17-12)20(9-19-13)7-10-3-5-11(15)6-4-10;/h3-6,8-9,16H,2,7H2,1H3;1H. The van der Waals surface area contributed by atoms with E-state index >= 15 is 0 Å². The maximum Gasteiger partial charge on any atom is 0.165 e. The van der Waals surface area contributed by atoms with E-state index in [2.05, 4.69) is 20.3 Å². The Morgan fingerprint density at radius 3 is 2.62 bits per heavy atom. The number of halogens is 2. The van der Waals surface area contributed by atoms with Gasteiger partial charge in [-0.2, -0.15) is 0 Å². The number of benzene rings is 1. The van der Waals surface area contributed by atoms with E-state index in [1.165, 1.54) is 0 Å². The first-order valence-corrected chi connectivity index (χ1v) is 6.80. The average molecular weight is 324 g/mol. The molecular weight excluding hydrogens is 309 g/mol. The van der Waals surface area contributed by atoms with E-state index in [9.17, 15) is 0 Å². The lowest BCUT2D eigenvalue weighted by Crippen LogP contribution is -2.10. The third kappa shape index (κ3) is 3.25. The summed E-state index contributed by atoms with van der Waals surface area (Å²) < 4.78 is 1.98. The van der Waals surface area contributed by atoms with Crippen LogP contribution in [0.1, 0.15) is 12.5 Å². The van der Waals surface area contributed by atoms with Crippen molar-refractivity contribution in [2.24, 2.45) is 0 Å². The van der Waals surface area contributed by atoms with Gasteiger partial charge in [0, 0.05) is 11.6 Å². The second-order valence-corrected chi connectivity index (χ2v) is 4.86. The molecule has 0 radical (unpaired) electrons. The first-order valence-electron chi connectivity index (χ1n) is 6.42. The van der Waals surface area contributed by atoms with E-state index in [1.54, 1.807) is 12.7 Å². The van der Waals surface area contributed by atoms with Crippen molar-refractivity contribution in [2.45, 2.75) is 13.5 Å². The van der Waals surface area contributed by atoms with Crippen LogP contribution in [0.15, 0.2) is 36.9 Å². The molecule has 7 heteroatoms. The first-order chi connectivity index (χ1) is 9.78. The molecule has 1 N–H and O–H groups in total. The van der Waals surface area contributed by atoms with Crippen LogP contribution in [0.25, 0.3) is 11.5 Å². The van der Waals surface area contributed by atoms with E-state index in [0.29, 0.717) is 6.54 Å². The van der Waals surface area contributed by atoms with Gasteiger partial charge >= 0.3 is 0 Å². The minimum atomic E-state index is 0. The van der Waals surface area contributed by atoms with Crippen molar-refractivity contribution in [1.82, 2.24) is 19.5 Å². The Kier molecular flexibility index (Phi) is 4.98. The molecule has 1 aromatic carbocycles. The van der Waals surface area contributed by atoms with Gasteiger partial charge < -0.3 is 9.88 Å². The highest BCUT2D eigenvalue weighted by atomic mass is 35.5. The predicted molar refractivity (Wildman–Crippen MR) is 86.4 cm³/mol. The van der Waals surface area contributed by atoms with Gasteiger partial charge in [-0.25, -0.2) is 15.0 Å². The third-order valence-electron chi connectivity index (χ3n) is 3.01. The van der Waals surface area contributed by atoms with Crippen LogP contribution in [0.2, 0.25) is 5.02 Å². The molecule has 0 saturated carbocycles. The van der Waals surface area contributed by atoms with Crippen LogP contribution in [0.3, 0.4) is 0 Å². The molecule has 21 heavy (non-hydrogen) atoms. The summed E-state index contributed by atoms with van der Waals surface area (Å²) >= 11 is 5.90. The van der Waals surface area contributed by atoms with Crippen molar-refractivity contribution >= 4 is 29.8 Å². The lowest BCUT2D eigenvalue weighted by atomic mass is 10.2. The van der Waals surface area contributed by atoms with Gasteiger partial charge in [-0.1, -0.05) is 23.7 Å². The number of anilines is 1. The minimum Gasteiger partial charge on any atom is -0.368 e. The Bertz CT molecular complexity index is 680. The highest BCUT2D eigenvalue weighted by molar-refractivity contribution is 6.30. The highest BCUT2D eigenvalue weighted by Crippen LogP contribution is 2.24. The third-order valence-corrected chi connectivity index (χ3v) is 3.26. The number of hydrogen-bond acceptors (Lipinski definition) is 4. The summed E-state index contributed by atoms with van der Waals surface area (Å²) in [6.45, 7) is 3.51. The van der Waals surface area contributed by atoms with Crippen LogP contribution < -0.4 is 5.32 Å². The summed E-state index contributed by atoms with van der Waals surface area (Å²) in [6, 6.07) is 7.75. The number of imidazole rings is 1. The fourth-order valence-corrected chi connectivity index (χ4v) is 2.21. The lowest BCUT2D eigenvalue weighted by Gasteiger charge is -2.13. The van der Waals surface area contributed by atoms with Crippen LogP contribution in [-0.4, -0.2) is 26.1 Å². The van der Waals surface area contributed by atoms with Crippen molar-refractivity contribution < 1.29 is 0 Å². The van der Waals surface area contributed by atoms with Crippen LogP contribution in [-0.2, 0) is 6.54 Å². The summed E-state index contributed by atoms with van der Waals surface area (Å²) in [6.07, 6.45) is 3.34. The number of nitrogens with zero attached hydrogens (tertiary/aromatic N) is 4. The van der Waals surface area contributed by atoms with E-state index in [1.807, 2.05) is 35.8 Å².